The molecule has 0 saturated heterocycles. The normalized spacial score (nSPS) is 10.1. The van der Waals surface area contributed by atoms with Crippen LogP contribution in [0.3, 0.4) is 0 Å². The summed E-state index contributed by atoms with van der Waals surface area (Å²) in [6, 6.07) is 13.3. The van der Waals surface area contributed by atoms with Gasteiger partial charge in [0, 0.05) is 22.4 Å². The van der Waals surface area contributed by atoms with Crippen molar-refractivity contribution in [2.45, 2.75) is 6.54 Å². The highest BCUT2D eigenvalue weighted by atomic mass is 127. The summed E-state index contributed by atoms with van der Waals surface area (Å²) in [6.07, 6.45) is 1.74. The van der Waals surface area contributed by atoms with Crippen molar-refractivity contribution in [2.24, 2.45) is 0 Å². The van der Waals surface area contributed by atoms with Crippen molar-refractivity contribution in [3.63, 3.8) is 0 Å². The van der Waals surface area contributed by atoms with Crippen molar-refractivity contribution in [3.8, 4) is 0 Å². The fraction of sp³-hybridized carbons (Fsp3) is 0.143. The number of hydrogen-bond acceptors (Lipinski definition) is 2. The van der Waals surface area contributed by atoms with Crippen LogP contribution in [0.1, 0.15) is 16.1 Å². The summed E-state index contributed by atoms with van der Waals surface area (Å²) < 4.78 is 1.06. The number of rotatable bonds is 3. The number of aromatic nitrogens is 1. The predicted molar refractivity (Wildman–Crippen MR) is 79.2 cm³/mol. The molecule has 3 nitrogen and oxygen atoms in total. The number of halogens is 1. The molecule has 0 aliphatic carbocycles. The summed E-state index contributed by atoms with van der Waals surface area (Å²) >= 11 is 2.20. The van der Waals surface area contributed by atoms with Crippen LogP contribution >= 0.6 is 22.6 Å². The molecule has 2 aromatic rings. The van der Waals surface area contributed by atoms with Gasteiger partial charge in [0.25, 0.3) is 5.91 Å². The standard InChI is InChI=1S/C14H13IN2O/c1-17(10-13-7-2-3-8-16-13)14(18)11-5-4-6-12(15)9-11/h2-9H,10H2,1H3. The van der Waals surface area contributed by atoms with E-state index in [0.29, 0.717) is 12.1 Å². The van der Waals surface area contributed by atoms with Crippen LogP contribution in [0.2, 0.25) is 0 Å². The van der Waals surface area contributed by atoms with E-state index in [-0.39, 0.29) is 5.91 Å². The van der Waals surface area contributed by atoms with Crippen molar-refractivity contribution in [2.75, 3.05) is 7.05 Å². The second-order valence-electron chi connectivity index (χ2n) is 3.99. The van der Waals surface area contributed by atoms with Crippen LogP contribution in [0.15, 0.2) is 48.7 Å². The Bertz CT molecular complexity index is 543. The molecule has 1 amide bonds. The molecule has 18 heavy (non-hydrogen) atoms. The topological polar surface area (TPSA) is 33.2 Å². The summed E-state index contributed by atoms with van der Waals surface area (Å²) in [4.78, 5) is 18.1. The molecular formula is C14H13IN2O. The maximum Gasteiger partial charge on any atom is 0.253 e. The van der Waals surface area contributed by atoms with Crippen LogP contribution in [0.5, 0.6) is 0 Å². The molecule has 1 aromatic carbocycles. The first-order chi connectivity index (χ1) is 8.66. The zero-order valence-electron chi connectivity index (χ0n) is 10.0. The van der Waals surface area contributed by atoms with Gasteiger partial charge in [-0.05, 0) is 52.9 Å². The summed E-state index contributed by atoms with van der Waals surface area (Å²) in [5.74, 6) is 0.0131. The quantitative estimate of drug-likeness (QED) is 0.796. The number of hydrogen-bond donors (Lipinski definition) is 0. The highest BCUT2D eigenvalue weighted by Crippen LogP contribution is 2.11. The third-order valence-corrected chi connectivity index (χ3v) is 3.21. The molecule has 0 radical (unpaired) electrons. The van der Waals surface area contributed by atoms with Gasteiger partial charge in [0.1, 0.15) is 0 Å². The Kier molecular flexibility index (Phi) is 4.30. The van der Waals surface area contributed by atoms with E-state index in [1.807, 2.05) is 42.5 Å². The van der Waals surface area contributed by atoms with E-state index in [9.17, 15) is 4.79 Å². The minimum Gasteiger partial charge on any atom is -0.336 e. The lowest BCUT2D eigenvalue weighted by atomic mass is 10.2. The predicted octanol–water partition coefficient (Wildman–Crippen LogP) is 2.96. The van der Waals surface area contributed by atoms with E-state index in [0.717, 1.165) is 9.26 Å². The average Bonchev–Trinajstić information content (AvgIpc) is 2.39. The molecule has 4 heteroatoms. The molecule has 0 spiro atoms. The molecule has 0 bridgehead atoms. The molecule has 0 atom stereocenters. The van der Waals surface area contributed by atoms with Crippen LogP contribution in [-0.4, -0.2) is 22.8 Å². The Morgan fingerprint density at radius 2 is 2.11 bits per heavy atom. The maximum absolute atomic E-state index is 12.2. The molecule has 0 aliphatic heterocycles. The lowest BCUT2D eigenvalue weighted by Crippen LogP contribution is -2.26. The molecule has 0 N–H and O–H groups in total. The van der Waals surface area contributed by atoms with Crippen molar-refractivity contribution in [1.82, 2.24) is 9.88 Å². The zero-order valence-corrected chi connectivity index (χ0v) is 12.2. The van der Waals surface area contributed by atoms with E-state index in [1.54, 1.807) is 18.1 Å². The molecule has 1 heterocycles. The van der Waals surface area contributed by atoms with Gasteiger partial charge in [-0.2, -0.15) is 0 Å². The molecule has 0 unspecified atom stereocenters. The van der Waals surface area contributed by atoms with Gasteiger partial charge in [-0.1, -0.05) is 12.1 Å². The molecule has 2 rings (SSSR count). The van der Waals surface area contributed by atoms with Gasteiger partial charge in [0.15, 0.2) is 0 Å². The number of pyridine rings is 1. The number of carbonyl (C=O) groups is 1. The Balaban J connectivity index is 2.10. The van der Waals surface area contributed by atoms with Gasteiger partial charge < -0.3 is 4.90 Å². The van der Waals surface area contributed by atoms with Gasteiger partial charge in [0.05, 0.1) is 12.2 Å². The Labute approximate surface area is 120 Å². The number of amides is 1. The zero-order chi connectivity index (χ0) is 13.0. The highest BCUT2D eigenvalue weighted by Gasteiger charge is 2.12. The van der Waals surface area contributed by atoms with E-state index < -0.39 is 0 Å². The van der Waals surface area contributed by atoms with Gasteiger partial charge in [-0.25, -0.2) is 0 Å². The Morgan fingerprint density at radius 1 is 1.28 bits per heavy atom. The maximum atomic E-state index is 12.2. The summed E-state index contributed by atoms with van der Waals surface area (Å²) in [5.41, 5.74) is 1.60. The van der Waals surface area contributed by atoms with Crippen LogP contribution in [0.4, 0.5) is 0 Å². The molecule has 1 aromatic heterocycles. The molecule has 0 saturated carbocycles. The van der Waals surface area contributed by atoms with Crippen LogP contribution < -0.4 is 0 Å². The van der Waals surface area contributed by atoms with Gasteiger partial charge in [-0.3, -0.25) is 9.78 Å². The summed E-state index contributed by atoms with van der Waals surface area (Å²) in [5, 5.41) is 0. The first-order valence-electron chi connectivity index (χ1n) is 5.58. The minimum absolute atomic E-state index is 0.0131. The second-order valence-corrected chi connectivity index (χ2v) is 5.24. The molecule has 0 fully saturated rings. The first-order valence-corrected chi connectivity index (χ1v) is 6.65. The first kappa shape index (κ1) is 13.0. The number of carbonyl (C=O) groups excluding carboxylic acids is 1. The summed E-state index contributed by atoms with van der Waals surface area (Å²) in [7, 11) is 1.79. The van der Waals surface area contributed by atoms with Crippen LogP contribution in [0.25, 0.3) is 0 Å². The lowest BCUT2D eigenvalue weighted by molar-refractivity contribution is 0.0783. The van der Waals surface area contributed by atoms with Crippen molar-refractivity contribution in [1.29, 1.82) is 0 Å². The largest absolute Gasteiger partial charge is 0.336 e. The highest BCUT2D eigenvalue weighted by molar-refractivity contribution is 14.1. The van der Waals surface area contributed by atoms with Gasteiger partial charge >= 0.3 is 0 Å². The minimum atomic E-state index is 0.0131. The van der Waals surface area contributed by atoms with Crippen LogP contribution in [-0.2, 0) is 6.54 Å². The number of benzene rings is 1. The SMILES string of the molecule is CN(Cc1ccccn1)C(=O)c1cccc(I)c1. The molecular weight excluding hydrogens is 339 g/mol. The third kappa shape index (κ3) is 3.29. The number of nitrogens with zero attached hydrogens (tertiary/aromatic N) is 2. The van der Waals surface area contributed by atoms with Crippen molar-refractivity contribution < 1.29 is 4.79 Å². The van der Waals surface area contributed by atoms with E-state index >= 15 is 0 Å². The van der Waals surface area contributed by atoms with Crippen molar-refractivity contribution >= 4 is 28.5 Å². The van der Waals surface area contributed by atoms with Crippen LogP contribution in [0, 0.1) is 3.57 Å². The van der Waals surface area contributed by atoms with Crippen molar-refractivity contribution in [3.05, 3.63) is 63.5 Å². The molecule has 0 aliphatic rings. The van der Waals surface area contributed by atoms with E-state index in [2.05, 4.69) is 27.6 Å². The smallest absolute Gasteiger partial charge is 0.253 e. The van der Waals surface area contributed by atoms with E-state index in [4.69, 9.17) is 0 Å². The van der Waals surface area contributed by atoms with Gasteiger partial charge in [-0.15, -0.1) is 0 Å². The average molecular weight is 352 g/mol. The molecule has 92 valence electrons. The summed E-state index contributed by atoms with van der Waals surface area (Å²) in [6.45, 7) is 0.519. The Hall–Kier alpha value is -1.43. The third-order valence-electron chi connectivity index (χ3n) is 2.54. The van der Waals surface area contributed by atoms with Gasteiger partial charge in [0.2, 0.25) is 0 Å². The Morgan fingerprint density at radius 3 is 2.78 bits per heavy atom. The monoisotopic (exact) mass is 352 g/mol. The van der Waals surface area contributed by atoms with E-state index in [1.165, 1.54) is 0 Å². The fourth-order valence-corrected chi connectivity index (χ4v) is 2.19. The lowest BCUT2D eigenvalue weighted by Gasteiger charge is -2.16. The fourth-order valence-electron chi connectivity index (χ4n) is 1.65. The second kappa shape index (κ2) is 5.95.